The van der Waals surface area contributed by atoms with E-state index in [2.05, 4.69) is 5.32 Å². The Labute approximate surface area is 124 Å². The van der Waals surface area contributed by atoms with E-state index in [9.17, 15) is 9.90 Å². The summed E-state index contributed by atoms with van der Waals surface area (Å²) < 4.78 is 0. The van der Waals surface area contributed by atoms with Crippen LogP contribution in [-0.4, -0.2) is 17.1 Å². The molecule has 2 rings (SSSR count). The van der Waals surface area contributed by atoms with Crippen LogP contribution in [0.1, 0.15) is 17.5 Å². The number of nitrogens with one attached hydrogen (secondary N) is 1. The molecule has 0 aromatic heterocycles. The first-order valence-corrected chi connectivity index (χ1v) is 7.01. The Morgan fingerprint density at radius 1 is 1.10 bits per heavy atom. The van der Waals surface area contributed by atoms with Crippen molar-refractivity contribution in [1.29, 1.82) is 0 Å². The van der Waals surface area contributed by atoms with E-state index in [0.717, 1.165) is 6.42 Å². The van der Waals surface area contributed by atoms with Crippen LogP contribution < -0.4 is 11.1 Å². The summed E-state index contributed by atoms with van der Waals surface area (Å²) in [5, 5.41) is 12.4. The SMILES string of the molecule is N[C@@H](CCc1ccccc1)C(=O)NCc1ccccc1O. The van der Waals surface area contributed by atoms with Crippen LogP contribution in [0.15, 0.2) is 54.6 Å². The predicted octanol–water partition coefficient (Wildman–Crippen LogP) is 1.97. The van der Waals surface area contributed by atoms with Crippen molar-refractivity contribution < 1.29 is 9.90 Å². The van der Waals surface area contributed by atoms with Crippen molar-refractivity contribution in [3.05, 3.63) is 65.7 Å². The number of para-hydroxylation sites is 1. The molecule has 110 valence electrons. The predicted molar refractivity (Wildman–Crippen MR) is 82.7 cm³/mol. The minimum Gasteiger partial charge on any atom is -0.508 e. The maximum absolute atomic E-state index is 11.9. The Kier molecular flexibility index (Phi) is 5.35. The number of carbonyl (C=O) groups excluding carboxylic acids is 1. The third-order valence-corrected chi connectivity index (χ3v) is 3.37. The molecule has 0 aliphatic heterocycles. The Morgan fingerprint density at radius 2 is 1.76 bits per heavy atom. The molecule has 0 aliphatic rings. The Morgan fingerprint density at radius 3 is 2.48 bits per heavy atom. The summed E-state index contributed by atoms with van der Waals surface area (Å²) in [6.07, 6.45) is 1.36. The molecule has 0 bridgehead atoms. The van der Waals surface area contributed by atoms with Gasteiger partial charge in [-0.25, -0.2) is 0 Å². The molecule has 0 radical (unpaired) electrons. The second-order valence-corrected chi connectivity index (χ2v) is 4.98. The van der Waals surface area contributed by atoms with Crippen LogP contribution in [0.4, 0.5) is 0 Å². The monoisotopic (exact) mass is 284 g/mol. The molecule has 1 amide bonds. The van der Waals surface area contributed by atoms with E-state index < -0.39 is 6.04 Å². The van der Waals surface area contributed by atoms with E-state index in [-0.39, 0.29) is 18.2 Å². The number of carbonyl (C=O) groups is 1. The summed E-state index contributed by atoms with van der Waals surface area (Å²) in [5.74, 6) is -0.0233. The van der Waals surface area contributed by atoms with Crippen molar-refractivity contribution in [2.24, 2.45) is 5.73 Å². The van der Waals surface area contributed by atoms with Crippen LogP contribution in [-0.2, 0) is 17.8 Å². The molecule has 21 heavy (non-hydrogen) atoms. The summed E-state index contributed by atoms with van der Waals surface area (Å²) in [5.41, 5.74) is 7.74. The second kappa shape index (κ2) is 7.45. The molecule has 0 unspecified atom stereocenters. The molecule has 4 N–H and O–H groups in total. The Bertz CT molecular complexity index is 584. The zero-order valence-electron chi connectivity index (χ0n) is 11.8. The molecule has 0 heterocycles. The summed E-state index contributed by atoms with van der Waals surface area (Å²) >= 11 is 0. The number of phenols is 1. The number of hydrogen-bond acceptors (Lipinski definition) is 3. The lowest BCUT2D eigenvalue weighted by atomic mass is 10.1. The molecule has 0 aliphatic carbocycles. The van der Waals surface area contributed by atoms with Gasteiger partial charge in [0.25, 0.3) is 0 Å². The van der Waals surface area contributed by atoms with Crippen molar-refractivity contribution in [2.75, 3.05) is 0 Å². The van der Waals surface area contributed by atoms with Gasteiger partial charge in [-0.1, -0.05) is 48.5 Å². The van der Waals surface area contributed by atoms with Gasteiger partial charge in [0.2, 0.25) is 5.91 Å². The maximum Gasteiger partial charge on any atom is 0.237 e. The first kappa shape index (κ1) is 15.1. The van der Waals surface area contributed by atoms with Crippen molar-refractivity contribution >= 4 is 5.91 Å². The van der Waals surface area contributed by atoms with Crippen molar-refractivity contribution in [3.63, 3.8) is 0 Å². The molecular weight excluding hydrogens is 264 g/mol. The highest BCUT2D eigenvalue weighted by atomic mass is 16.3. The zero-order chi connectivity index (χ0) is 15.1. The molecule has 0 saturated carbocycles. The topological polar surface area (TPSA) is 75.4 Å². The number of hydrogen-bond donors (Lipinski definition) is 3. The van der Waals surface area contributed by atoms with Crippen LogP contribution >= 0.6 is 0 Å². The first-order chi connectivity index (χ1) is 10.2. The van der Waals surface area contributed by atoms with E-state index in [1.165, 1.54) is 5.56 Å². The standard InChI is InChI=1S/C17H20N2O2/c18-15(11-10-13-6-2-1-3-7-13)17(21)19-12-14-8-4-5-9-16(14)20/h1-9,15,20H,10-12,18H2,(H,19,21)/t15-/m0/s1. The lowest BCUT2D eigenvalue weighted by molar-refractivity contribution is -0.122. The van der Waals surface area contributed by atoms with Gasteiger partial charge in [0.15, 0.2) is 0 Å². The fourth-order valence-corrected chi connectivity index (χ4v) is 2.07. The number of nitrogens with two attached hydrogens (primary N) is 1. The number of rotatable bonds is 6. The molecule has 0 spiro atoms. The van der Waals surface area contributed by atoms with Crippen molar-refractivity contribution in [2.45, 2.75) is 25.4 Å². The smallest absolute Gasteiger partial charge is 0.237 e. The van der Waals surface area contributed by atoms with E-state index >= 15 is 0 Å². The van der Waals surface area contributed by atoms with Crippen LogP contribution in [0, 0.1) is 0 Å². The van der Waals surface area contributed by atoms with Gasteiger partial charge in [-0.05, 0) is 24.5 Å². The van der Waals surface area contributed by atoms with Gasteiger partial charge in [-0.3, -0.25) is 4.79 Å². The van der Waals surface area contributed by atoms with Gasteiger partial charge in [-0.2, -0.15) is 0 Å². The molecule has 2 aromatic rings. The number of benzene rings is 2. The van der Waals surface area contributed by atoms with Crippen molar-refractivity contribution in [1.82, 2.24) is 5.32 Å². The first-order valence-electron chi connectivity index (χ1n) is 7.01. The lowest BCUT2D eigenvalue weighted by Crippen LogP contribution is -2.40. The molecule has 1 atom stereocenters. The maximum atomic E-state index is 11.9. The molecular formula is C17H20N2O2. The van der Waals surface area contributed by atoms with Gasteiger partial charge < -0.3 is 16.2 Å². The minimum atomic E-state index is -0.545. The fourth-order valence-electron chi connectivity index (χ4n) is 2.07. The van der Waals surface area contributed by atoms with Crippen molar-refractivity contribution in [3.8, 4) is 5.75 Å². The van der Waals surface area contributed by atoms with E-state index in [1.54, 1.807) is 18.2 Å². The second-order valence-electron chi connectivity index (χ2n) is 4.98. The molecule has 4 heteroatoms. The van der Waals surface area contributed by atoms with Gasteiger partial charge in [-0.15, -0.1) is 0 Å². The molecule has 0 fully saturated rings. The van der Waals surface area contributed by atoms with E-state index in [0.29, 0.717) is 12.0 Å². The highest BCUT2D eigenvalue weighted by Crippen LogP contribution is 2.14. The fraction of sp³-hybridized carbons (Fsp3) is 0.235. The third kappa shape index (κ3) is 4.61. The highest BCUT2D eigenvalue weighted by Gasteiger charge is 2.13. The highest BCUT2D eigenvalue weighted by molar-refractivity contribution is 5.81. The summed E-state index contributed by atoms with van der Waals surface area (Å²) in [7, 11) is 0. The number of aryl methyl sites for hydroxylation is 1. The van der Waals surface area contributed by atoms with Gasteiger partial charge >= 0.3 is 0 Å². The van der Waals surface area contributed by atoms with Gasteiger partial charge in [0.05, 0.1) is 6.04 Å². The van der Waals surface area contributed by atoms with Crippen LogP contribution in [0.5, 0.6) is 5.75 Å². The lowest BCUT2D eigenvalue weighted by Gasteiger charge is -2.13. The van der Waals surface area contributed by atoms with Crippen LogP contribution in [0.25, 0.3) is 0 Å². The van der Waals surface area contributed by atoms with Crippen LogP contribution in [0.3, 0.4) is 0 Å². The normalized spacial score (nSPS) is 11.9. The number of amides is 1. The van der Waals surface area contributed by atoms with E-state index in [1.807, 2.05) is 36.4 Å². The summed E-state index contributed by atoms with van der Waals surface area (Å²) in [4.78, 5) is 11.9. The Hall–Kier alpha value is -2.33. The zero-order valence-corrected chi connectivity index (χ0v) is 11.8. The average molecular weight is 284 g/mol. The van der Waals surface area contributed by atoms with Gasteiger partial charge in [0, 0.05) is 12.1 Å². The molecule has 4 nitrogen and oxygen atoms in total. The summed E-state index contributed by atoms with van der Waals surface area (Å²) in [6, 6.07) is 16.3. The molecule has 0 saturated heterocycles. The van der Waals surface area contributed by atoms with Crippen LogP contribution in [0.2, 0.25) is 0 Å². The number of aromatic hydroxyl groups is 1. The quantitative estimate of drug-likeness (QED) is 0.759. The number of phenolic OH excluding ortho intramolecular Hbond substituents is 1. The minimum absolute atomic E-state index is 0.177. The van der Waals surface area contributed by atoms with E-state index in [4.69, 9.17) is 5.73 Å². The van der Waals surface area contributed by atoms with Gasteiger partial charge in [0.1, 0.15) is 5.75 Å². The largest absolute Gasteiger partial charge is 0.508 e. The molecule has 2 aromatic carbocycles. The Balaban J connectivity index is 1.79. The summed E-state index contributed by atoms with van der Waals surface area (Å²) in [6.45, 7) is 0.282. The average Bonchev–Trinajstić information content (AvgIpc) is 2.52. The third-order valence-electron chi connectivity index (χ3n) is 3.37.